The van der Waals surface area contributed by atoms with Gasteiger partial charge in [-0.05, 0) is 55.4 Å². The molecule has 0 saturated carbocycles. The maximum absolute atomic E-state index is 14.5. The van der Waals surface area contributed by atoms with Crippen LogP contribution in [0.2, 0.25) is 0 Å². The van der Waals surface area contributed by atoms with Gasteiger partial charge in [-0.3, -0.25) is 19.5 Å². The Morgan fingerprint density at radius 1 is 1.05 bits per heavy atom. The van der Waals surface area contributed by atoms with Crippen LogP contribution in [-0.4, -0.2) is 76.0 Å². The molecule has 1 N–H and O–H groups in total. The number of hydrogen-bond acceptors (Lipinski definition) is 6. The Hall–Kier alpha value is -2.94. The average molecular weight is 519 g/mol. The lowest BCUT2D eigenvalue weighted by molar-refractivity contribution is -0.153. The minimum Gasteiger partial charge on any atom is -0.379 e. The first-order valence-corrected chi connectivity index (χ1v) is 13.8. The van der Waals surface area contributed by atoms with Gasteiger partial charge in [-0.25, -0.2) is 4.99 Å². The molecule has 3 heterocycles. The van der Waals surface area contributed by atoms with Gasteiger partial charge in [0.25, 0.3) is 11.8 Å². The molecule has 4 atom stereocenters. The highest BCUT2D eigenvalue weighted by molar-refractivity contribution is 6.43. The predicted octanol–water partition coefficient (Wildman–Crippen LogP) is 3.03. The summed E-state index contributed by atoms with van der Waals surface area (Å²) in [4.78, 5) is 41.0. The molecule has 2 aromatic rings. The molecule has 8 heteroatoms. The zero-order valence-electron chi connectivity index (χ0n) is 22.8. The van der Waals surface area contributed by atoms with Crippen LogP contribution in [-0.2, 0) is 27.2 Å². The van der Waals surface area contributed by atoms with Crippen molar-refractivity contribution in [3.63, 3.8) is 0 Å². The third kappa shape index (κ3) is 4.93. The van der Waals surface area contributed by atoms with Gasteiger partial charge in [0.1, 0.15) is 18.0 Å². The maximum atomic E-state index is 14.5. The van der Waals surface area contributed by atoms with Gasteiger partial charge in [-0.2, -0.15) is 0 Å². The van der Waals surface area contributed by atoms with Crippen LogP contribution < -0.4 is 0 Å². The van der Waals surface area contributed by atoms with Gasteiger partial charge in [-0.1, -0.05) is 50.6 Å². The highest BCUT2D eigenvalue weighted by atomic mass is 16.5. The summed E-state index contributed by atoms with van der Waals surface area (Å²) >= 11 is 0. The molecule has 0 spiro atoms. The molecule has 5 rings (SSSR count). The highest BCUT2D eigenvalue weighted by Crippen LogP contribution is 2.38. The average Bonchev–Trinajstić information content (AvgIpc) is 3.35. The summed E-state index contributed by atoms with van der Waals surface area (Å²) in [6.07, 6.45) is 1.03. The van der Waals surface area contributed by atoms with E-state index >= 15 is 0 Å². The van der Waals surface area contributed by atoms with Crippen molar-refractivity contribution in [1.29, 1.82) is 0 Å². The van der Waals surface area contributed by atoms with Gasteiger partial charge in [-0.15, -0.1) is 0 Å². The molecule has 1 aromatic heterocycles. The number of carbonyl (C=O) groups is 2. The topological polar surface area (TPSA) is 95.3 Å². The van der Waals surface area contributed by atoms with Gasteiger partial charge in [0, 0.05) is 30.4 Å². The molecular weight excluding hydrogens is 480 g/mol. The van der Waals surface area contributed by atoms with Crippen LogP contribution in [0.1, 0.15) is 54.4 Å². The first-order chi connectivity index (χ1) is 18.3. The number of pyridine rings is 1. The number of aliphatic imine (C=N–C) groups is 1. The first kappa shape index (κ1) is 26.7. The Balaban J connectivity index is 1.60. The van der Waals surface area contributed by atoms with Crippen molar-refractivity contribution in [3.8, 4) is 0 Å². The molecule has 8 nitrogen and oxygen atoms in total. The fourth-order valence-electron chi connectivity index (χ4n) is 6.17. The van der Waals surface area contributed by atoms with Crippen LogP contribution in [0.3, 0.4) is 0 Å². The van der Waals surface area contributed by atoms with E-state index in [0.717, 1.165) is 17.0 Å². The SMILES string of the molecule is CC[C@H](C)C1C(=O)N=C(C2Cc3ccccc3C2)C(=O)N1[C@H](c1ccc(C)nc1C)[C@@H](O)N1CCOCC1. The van der Waals surface area contributed by atoms with Crippen LogP contribution in [0.25, 0.3) is 0 Å². The Kier molecular flexibility index (Phi) is 7.75. The molecule has 38 heavy (non-hydrogen) atoms. The molecular formula is C30H38N4O4. The predicted molar refractivity (Wildman–Crippen MR) is 145 cm³/mol. The van der Waals surface area contributed by atoms with Gasteiger partial charge in [0.15, 0.2) is 0 Å². The largest absolute Gasteiger partial charge is 0.379 e. The van der Waals surface area contributed by atoms with Crippen molar-refractivity contribution >= 4 is 17.5 Å². The molecule has 0 radical (unpaired) electrons. The number of morpholine rings is 1. The monoisotopic (exact) mass is 518 g/mol. The zero-order chi connectivity index (χ0) is 27.0. The number of fused-ring (bicyclic) bond motifs is 1. The van der Waals surface area contributed by atoms with E-state index in [9.17, 15) is 14.7 Å². The van der Waals surface area contributed by atoms with E-state index in [2.05, 4.69) is 22.1 Å². The van der Waals surface area contributed by atoms with Crippen LogP contribution in [0.5, 0.6) is 0 Å². The number of ether oxygens (including phenoxy) is 1. The van der Waals surface area contributed by atoms with Gasteiger partial charge >= 0.3 is 0 Å². The second-order valence-corrected chi connectivity index (χ2v) is 10.9. The van der Waals surface area contributed by atoms with E-state index < -0.39 is 18.3 Å². The molecule has 1 aliphatic carbocycles. The standard InChI is InChI=1S/C30H38N4O4/c1-5-18(2)26-28(35)32-25(23-16-21-8-6-7-9-22(21)17-23)29(36)34(26)27(24-11-10-19(3)31-20(24)4)30(37)33-12-14-38-15-13-33/h6-11,18,23,26-27,30,37H,5,12-17H2,1-4H3/t18-,26?,27+,30+/m0/s1. The molecule has 202 valence electrons. The van der Waals surface area contributed by atoms with Crippen LogP contribution in [0.15, 0.2) is 41.4 Å². The number of aliphatic hydroxyl groups is 1. The van der Waals surface area contributed by atoms with Crippen LogP contribution >= 0.6 is 0 Å². The van der Waals surface area contributed by atoms with Crippen molar-refractivity contribution in [2.24, 2.45) is 16.8 Å². The summed E-state index contributed by atoms with van der Waals surface area (Å²) in [5.74, 6) is -0.856. The first-order valence-electron chi connectivity index (χ1n) is 13.8. The van der Waals surface area contributed by atoms with Crippen LogP contribution in [0, 0.1) is 25.7 Å². The lowest BCUT2D eigenvalue weighted by atomic mass is 9.87. The Morgan fingerprint density at radius 2 is 1.71 bits per heavy atom. The molecule has 3 aliphatic rings. The van der Waals surface area contributed by atoms with E-state index in [-0.39, 0.29) is 23.7 Å². The summed E-state index contributed by atoms with van der Waals surface area (Å²) in [5, 5.41) is 11.9. The summed E-state index contributed by atoms with van der Waals surface area (Å²) in [6.45, 7) is 9.90. The minimum atomic E-state index is -1.02. The molecule has 2 aliphatic heterocycles. The van der Waals surface area contributed by atoms with Crippen LogP contribution in [0.4, 0.5) is 0 Å². The lowest BCUT2D eigenvalue weighted by Crippen LogP contribution is -2.61. The second kappa shape index (κ2) is 11.0. The third-order valence-corrected chi connectivity index (χ3v) is 8.44. The quantitative estimate of drug-likeness (QED) is 0.606. The van der Waals surface area contributed by atoms with Crippen molar-refractivity contribution in [3.05, 3.63) is 64.5 Å². The van der Waals surface area contributed by atoms with Crippen molar-refractivity contribution < 1.29 is 19.4 Å². The lowest BCUT2D eigenvalue weighted by Gasteiger charge is -2.46. The number of nitrogens with zero attached hydrogens (tertiary/aromatic N) is 4. The van der Waals surface area contributed by atoms with Crippen molar-refractivity contribution in [2.45, 2.75) is 65.3 Å². The molecule has 1 saturated heterocycles. The number of hydrogen-bond donors (Lipinski definition) is 1. The summed E-state index contributed by atoms with van der Waals surface area (Å²) in [5.41, 5.74) is 5.04. The zero-order valence-corrected chi connectivity index (χ0v) is 22.8. The molecule has 2 amide bonds. The van der Waals surface area contributed by atoms with Crippen molar-refractivity contribution in [2.75, 3.05) is 26.3 Å². The molecule has 1 aromatic carbocycles. The highest BCUT2D eigenvalue weighted by Gasteiger charge is 2.49. The normalized spacial score (nSPS) is 23.2. The number of aryl methyl sites for hydroxylation is 2. The molecule has 1 unspecified atom stereocenters. The molecule has 1 fully saturated rings. The number of benzene rings is 1. The van der Waals surface area contributed by atoms with Gasteiger partial charge < -0.3 is 14.7 Å². The number of aromatic nitrogens is 1. The second-order valence-electron chi connectivity index (χ2n) is 10.9. The molecule has 0 bridgehead atoms. The fourth-order valence-corrected chi connectivity index (χ4v) is 6.17. The number of rotatable bonds is 7. The summed E-state index contributed by atoms with van der Waals surface area (Å²) in [6, 6.07) is 10.5. The van der Waals surface area contributed by atoms with Gasteiger partial charge in [0.05, 0.1) is 19.3 Å². The maximum Gasteiger partial charge on any atom is 0.270 e. The smallest absolute Gasteiger partial charge is 0.270 e. The van der Waals surface area contributed by atoms with E-state index in [1.165, 1.54) is 11.1 Å². The fraction of sp³-hybridized carbons (Fsp3) is 0.533. The Morgan fingerprint density at radius 3 is 2.32 bits per heavy atom. The summed E-state index contributed by atoms with van der Waals surface area (Å²) in [7, 11) is 0. The minimum absolute atomic E-state index is 0.129. The van der Waals surface area contributed by atoms with E-state index in [1.54, 1.807) is 4.90 Å². The Bertz CT molecular complexity index is 1210. The van der Waals surface area contributed by atoms with E-state index in [0.29, 0.717) is 51.3 Å². The summed E-state index contributed by atoms with van der Waals surface area (Å²) < 4.78 is 5.53. The Labute approximate surface area is 224 Å². The van der Waals surface area contributed by atoms with Crippen molar-refractivity contribution in [1.82, 2.24) is 14.8 Å². The van der Waals surface area contributed by atoms with Gasteiger partial charge in [0.2, 0.25) is 0 Å². The number of amides is 2. The number of carbonyl (C=O) groups excluding carboxylic acids is 2. The van der Waals surface area contributed by atoms with E-state index in [4.69, 9.17) is 4.74 Å². The van der Waals surface area contributed by atoms with E-state index in [1.807, 2.05) is 56.9 Å². The third-order valence-electron chi connectivity index (χ3n) is 8.44. The number of aliphatic hydroxyl groups excluding tert-OH is 1.